The molecule has 176 valence electrons. The number of amides is 1. The highest BCUT2D eigenvalue weighted by atomic mass is 79.9. The normalized spacial score (nSPS) is 13.9. The summed E-state index contributed by atoms with van der Waals surface area (Å²) in [5.41, 5.74) is 5.40. The molecule has 35 heavy (non-hydrogen) atoms. The van der Waals surface area contributed by atoms with Gasteiger partial charge in [0.25, 0.3) is 15.9 Å². The van der Waals surface area contributed by atoms with E-state index in [9.17, 15) is 13.2 Å². The largest absolute Gasteiger partial charge is 0.275 e. The summed E-state index contributed by atoms with van der Waals surface area (Å²) < 4.78 is 29.2. The summed E-state index contributed by atoms with van der Waals surface area (Å²) in [7, 11) is -4.06. The van der Waals surface area contributed by atoms with Crippen molar-refractivity contribution >= 4 is 55.4 Å². The van der Waals surface area contributed by atoms with Gasteiger partial charge in [0.1, 0.15) is 17.9 Å². The van der Waals surface area contributed by atoms with Crippen molar-refractivity contribution in [3.8, 4) is 22.5 Å². The van der Waals surface area contributed by atoms with E-state index in [1.165, 1.54) is 12.3 Å². The van der Waals surface area contributed by atoms with Gasteiger partial charge in [-0.25, -0.2) is 13.8 Å². The van der Waals surface area contributed by atoms with Crippen LogP contribution in [0.5, 0.6) is 0 Å². The van der Waals surface area contributed by atoms with Gasteiger partial charge in [-0.2, -0.15) is 10.2 Å². The third kappa shape index (κ3) is 4.47. The van der Waals surface area contributed by atoms with Crippen LogP contribution in [0.3, 0.4) is 0 Å². The molecule has 0 bridgehead atoms. The molecule has 3 aromatic carbocycles. The molecule has 0 spiro atoms. The SMILES string of the molecule is O=C(CN1c2c(-c3cccc(Cl)c3)n[nH]c2-c2ccccc2S1(=O)=O)NN=Cc1cccc(Br)c1. The molecule has 2 N–H and O–H groups in total. The van der Waals surface area contributed by atoms with Gasteiger partial charge in [0.15, 0.2) is 0 Å². The molecule has 1 amide bonds. The van der Waals surface area contributed by atoms with Crippen LogP contribution in [0.4, 0.5) is 5.69 Å². The minimum atomic E-state index is -4.06. The lowest BCUT2D eigenvalue weighted by Crippen LogP contribution is -2.41. The van der Waals surface area contributed by atoms with E-state index in [-0.39, 0.29) is 10.6 Å². The number of carbonyl (C=O) groups excluding carboxylic acids is 1. The molecule has 8 nitrogen and oxygen atoms in total. The van der Waals surface area contributed by atoms with Crippen molar-refractivity contribution in [2.75, 3.05) is 10.8 Å². The van der Waals surface area contributed by atoms with E-state index in [0.717, 1.165) is 14.3 Å². The number of hydrogen-bond donors (Lipinski definition) is 2. The molecule has 1 aliphatic rings. The van der Waals surface area contributed by atoms with Crippen molar-refractivity contribution in [1.82, 2.24) is 15.6 Å². The topological polar surface area (TPSA) is 108 Å². The van der Waals surface area contributed by atoms with Crippen molar-refractivity contribution in [3.05, 3.63) is 87.9 Å². The number of aromatic nitrogens is 2. The lowest BCUT2D eigenvalue weighted by Gasteiger charge is -2.29. The zero-order valence-electron chi connectivity index (χ0n) is 17.9. The molecule has 4 aromatic rings. The van der Waals surface area contributed by atoms with Gasteiger partial charge in [-0.1, -0.05) is 70.0 Å². The second-order valence-electron chi connectivity index (χ2n) is 7.66. The molecule has 0 saturated carbocycles. The number of hydrogen-bond acceptors (Lipinski definition) is 5. The first-order valence-electron chi connectivity index (χ1n) is 10.4. The standard InChI is InChI=1S/C24H17BrClN5O3S/c25-17-7-3-5-15(11-17)13-27-28-21(32)14-31-24-22(16-6-4-8-18(26)12-16)29-30-23(24)19-9-1-2-10-20(19)35(31,33)34/h1-13H,14H2,(H,28,32)(H,29,30). The Kier molecular flexibility index (Phi) is 6.18. The number of aromatic amines is 1. The Morgan fingerprint density at radius 1 is 1.11 bits per heavy atom. The minimum absolute atomic E-state index is 0.0826. The second-order valence-corrected chi connectivity index (χ2v) is 10.8. The number of carbonyl (C=O) groups is 1. The molecule has 0 saturated heterocycles. The fourth-order valence-corrected chi connectivity index (χ4v) is 6.08. The predicted octanol–water partition coefficient (Wildman–Crippen LogP) is 4.82. The van der Waals surface area contributed by atoms with Gasteiger partial charge in [0.2, 0.25) is 0 Å². The molecule has 11 heteroatoms. The molecule has 0 radical (unpaired) electrons. The summed E-state index contributed by atoms with van der Waals surface area (Å²) >= 11 is 9.54. The van der Waals surface area contributed by atoms with E-state index in [1.807, 2.05) is 24.3 Å². The van der Waals surface area contributed by atoms with E-state index < -0.39 is 22.5 Å². The fraction of sp³-hybridized carbons (Fsp3) is 0.0417. The van der Waals surface area contributed by atoms with E-state index in [4.69, 9.17) is 11.6 Å². The third-order valence-electron chi connectivity index (χ3n) is 5.35. The summed E-state index contributed by atoms with van der Waals surface area (Å²) in [6.45, 7) is -0.493. The zero-order chi connectivity index (χ0) is 24.6. The van der Waals surface area contributed by atoms with Crippen LogP contribution in [-0.2, 0) is 14.8 Å². The first-order valence-corrected chi connectivity index (χ1v) is 13.0. The Morgan fingerprint density at radius 2 is 1.91 bits per heavy atom. The van der Waals surface area contributed by atoms with Crippen LogP contribution in [0.15, 0.2) is 87.3 Å². The molecular formula is C24H17BrClN5O3S. The number of benzene rings is 3. The number of sulfonamides is 1. The van der Waals surface area contributed by atoms with E-state index in [2.05, 4.69) is 36.7 Å². The van der Waals surface area contributed by atoms with Gasteiger partial charge in [0.05, 0.1) is 16.8 Å². The summed E-state index contributed by atoms with van der Waals surface area (Å²) in [6.07, 6.45) is 1.48. The van der Waals surface area contributed by atoms with Crippen molar-refractivity contribution in [2.24, 2.45) is 5.10 Å². The van der Waals surface area contributed by atoms with Crippen LogP contribution in [-0.4, -0.2) is 37.3 Å². The second kappa shape index (κ2) is 9.29. The van der Waals surface area contributed by atoms with Crippen LogP contribution in [0, 0.1) is 0 Å². The average Bonchev–Trinajstić information content (AvgIpc) is 3.27. The third-order valence-corrected chi connectivity index (χ3v) is 7.88. The Hall–Kier alpha value is -3.47. The Morgan fingerprint density at radius 3 is 2.71 bits per heavy atom. The van der Waals surface area contributed by atoms with Crippen LogP contribution in [0.1, 0.15) is 5.56 Å². The molecular weight excluding hydrogens is 554 g/mol. The van der Waals surface area contributed by atoms with E-state index in [0.29, 0.717) is 27.5 Å². The van der Waals surface area contributed by atoms with Gasteiger partial charge in [0, 0.05) is 20.6 Å². The number of hydrazone groups is 1. The van der Waals surface area contributed by atoms with Crippen LogP contribution in [0.25, 0.3) is 22.5 Å². The maximum absolute atomic E-state index is 13.6. The highest BCUT2D eigenvalue weighted by Crippen LogP contribution is 2.46. The van der Waals surface area contributed by atoms with Crippen LogP contribution < -0.4 is 9.73 Å². The minimum Gasteiger partial charge on any atom is -0.275 e. The summed E-state index contributed by atoms with van der Waals surface area (Å²) in [5, 5.41) is 11.8. The summed E-state index contributed by atoms with van der Waals surface area (Å²) in [4.78, 5) is 12.9. The van der Waals surface area contributed by atoms with Gasteiger partial charge < -0.3 is 0 Å². The number of fused-ring (bicyclic) bond motifs is 3. The van der Waals surface area contributed by atoms with Crippen LogP contribution in [0.2, 0.25) is 5.02 Å². The van der Waals surface area contributed by atoms with Crippen LogP contribution >= 0.6 is 27.5 Å². The lowest BCUT2D eigenvalue weighted by atomic mass is 10.1. The smallest absolute Gasteiger partial charge is 0.265 e. The number of rotatable bonds is 5. The number of nitrogens with zero attached hydrogens (tertiary/aromatic N) is 3. The highest BCUT2D eigenvalue weighted by molar-refractivity contribution is 9.10. The Labute approximate surface area is 214 Å². The van der Waals surface area contributed by atoms with Crippen molar-refractivity contribution in [2.45, 2.75) is 4.90 Å². The maximum atomic E-state index is 13.6. The number of H-pyrrole nitrogens is 1. The molecule has 5 rings (SSSR count). The molecule has 0 unspecified atom stereocenters. The van der Waals surface area contributed by atoms with Gasteiger partial charge in [-0.15, -0.1) is 0 Å². The van der Waals surface area contributed by atoms with Gasteiger partial charge >= 0.3 is 0 Å². The molecule has 0 fully saturated rings. The van der Waals surface area contributed by atoms with Gasteiger partial charge in [-0.05, 0) is 35.9 Å². The number of anilines is 1. The molecule has 0 atom stereocenters. The van der Waals surface area contributed by atoms with Crippen molar-refractivity contribution < 1.29 is 13.2 Å². The summed E-state index contributed by atoms with van der Waals surface area (Å²) in [6, 6.07) is 20.9. The highest BCUT2D eigenvalue weighted by Gasteiger charge is 2.39. The quantitative estimate of drug-likeness (QED) is 0.265. The number of nitrogens with one attached hydrogen (secondary N) is 2. The first-order chi connectivity index (χ1) is 16.8. The lowest BCUT2D eigenvalue weighted by molar-refractivity contribution is -0.119. The predicted molar refractivity (Wildman–Crippen MR) is 139 cm³/mol. The van der Waals surface area contributed by atoms with E-state index >= 15 is 0 Å². The molecule has 1 aromatic heterocycles. The Bertz CT molecular complexity index is 1590. The molecule has 0 aliphatic carbocycles. The first kappa shape index (κ1) is 23.3. The Balaban J connectivity index is 1.52. The average molecular weight is 571 g/mol. The van der Waals surface area contributed by atoms with Crippen molar-refractivity contribution in [3.63, 3.8) is 0 Å². The molecule has 2 heterocycles. The van der Waals surface area contributed by atoms with E-state index in [1.54, 1.807) is 42.5 Å². The summed E-state index contributed by atoms with van der Waals surface area (Å²) in [5.74, 6) is -0.608. The van der Waals surface area contributed by atoms with Gasteiger partial charge in [-0.3, -0.25) is 14.2 Å². The molecule has 1 aliphatic heterocycles. The fourth-order valence-electron chi connectivity index (χ4n) is 3.84. The maximum Gasteiger partial charge on any atom is 0.265 e. The van der Waals surface area contributed by atoms with Crippen molar-refractivity contribution in [1.29, 1.82) is 0 Å². The number of halogens is 2. The monoisotopic (exact) mass is 569 g/mol. The zero-order valence-corrected chi connectivity index (χ0v) is 21.1.